The van der Waals surface area contributed by atoms with Gasteiger partial charge in [0.05, 0.1) is 17.3 Å². The van der Waals surface area contributed by atoms with Crippen molar-refractivity contribution < 1.29 is 9.84 Å². The molecule has 1 aliphatic carbocycles. The van der Waals surface area contributed by atoms with Crippen LogP contribution in [0.5, 0.6) is 0 Å². The minimum atomic E-state index is -0.266. The Balaban J connectivity index is 2.26. The average molecular weight is 170 g/mol. The highest BCUT2D eigenvalue weighted by atomic mass is 16.5. The van der Waals surface area contributed by atoms with E-state index in [1.165, 1.54) is 6.42 Å². The van der Waals surface area contributed by atoms with Gasteiger partial charge in [-0.3, -0.25) is 0 Å². The van der Waals surface area contributed by atoms with E-state index in [1.807, 2.05) is 6.92 Å². The van der Waals surface area contributed by atoms with E-state index >= 15 is 0 Å². The van der Waals surface area contributed by atoms with Crippen molar-refractivity contribution in [2.75, 3.05) is 0 Å². The van der Waals surface area contributed by atoms with Crippen LogP contribution >= 0.6 is 0 Å². The summed E-state index contributed by atoms with van der Waals surface area (Å²) in [5.74, 6) is 0.550. The third-order valence-corrected chi connectivity index (χ3v) is 3.68. The third-order valence-electron chi connectivity index (χ3n) is 3.68. The van der Waals surface area contributed by atoms with Crippen molar-refractivity contribution >= 4 is 0 Å². The second-order valence-corrected chi connectivity index (χ2v) is 5.01. The first-order valence-corrected chi connectivity index (χ1v) is 4.82. The predicted octanol–water partition coefficient (Wildman–Crippen LogP) is 1.71. The molecule has 2 bridgehead atoms. The number of hydrogen-bond acceptors (Lipinski definition) is 2. The Labute approximate surface area is 73.9 Å². The van der Waals surface area contributed by atoms with E-state index in [1.54, 1.807) is 0 Å². The Kier molecular flexibility index (Phi) is 1.59. The molecule has 1 N–H and O–H groups in total. The zero-order valence-electron chi connectivity index (χ0n) is 8.13. The van der Waals surface area contributed by atoms with E-state index in [4.69, 9.17) is 4.74 Å². The van der Waals surface area contributed by atoms with Crippen LogP contribution in [0.25, 0.3) is 0 Å². The fourth-order valence-corrected chi connectivity index (χ4v) is 2.70. The molecule has 70 valence electrons. The van der Waals surface area contributed by atoms with E-state index in [0.717, 1.165) is 12.8 Å². The van der Waals surface area contributed by atoms with E-state index in [2.05, 4.69) is 13.8 Å². The van der Waals surface area contributed by atoms with Gasteiger partial charge >= 0.3 is 0 Å². The SMILES string of the molecule is CC1(C)O[C@@]2(C)CC[C@@H]1CC2O. The van der Waals surface area contributed by atoms with Crippen molar-refractivity contribution in [2.45, 2.75) is 57.3 Å². The summed E-state index contributed by atoms with van der Waals surface area (Å²) in [7, 11) is 0. The highest BCUT2D eigenvalue weighted by Gasteiger charge is 2.53. The lowest BCUT2D eigenvalue weighted by Crippen LogP contribution is -2.61. The summed E-state index contributed by atoms with van der Waals surface area (Å²) in [5, 5.41) is 9.77. The van der Waals surface area contributed by atoms with Crippen molar-refractivity contribution in [2.24, 2.45) is 5.92 Å². The van der Waals surface area contributed by atoms with Gasteiger partial charge in [-0.15, -0.1) is 0 Å². The van der Waals surface area contributed by atoms with Crippen LogP contribution in [0, 0.1) is 5.92 Å². The molecule has 3 aliphatic rings. The summed E-state index contributed by atoms with van der Waals surface area (Å²) in [6.07, 6.45) is 2.90. The van der Waals surface area contributed by atoms with Crippen LogP contribution < -0.4 is 0 Å². The Morgan fingerprint density at radius 3 is 2.33 bits per heavy atom. The first-order valence-electron chi connectivity index (χ1n) is 4.82. The molecule has 0 aromatic heterocycles. The number of aliphatic hydroxyl groups excluding tert-OH is 1. The maximum absolute atomic E-state index is 9.77. The monoisotopic (exact) mass is 170 g/mol. The smallest absolute Gasteiger partial charge is 0.0919 e. The molecule has 1 saturated carbocycles. The van der Waals surface area contributed by atoms with E-state index in [-0.39, 0.29) is 17.3 Å². The van der Waals surface area contributed by atoms with Crippen molar-refractivity contribution in [1.29, 1.82) is 0 Å². The van der Waals surface area contributed by atoms with Crippen LogP contribution in [-0.2, 0) is 4.74 Å². The van der Waals surface area contributed by atoms with Crippen molar-refractivity contribution in [1.82, 2.24) is 0 Å². The molecule has 1 unspecified atom stereocenters. The second kappa shape index (κ2) is 2.24. The largest absolute Gasteiger partial charge is 0.390 e. The molecule has 2 saturated heterocycles. The standard InChI is InChI=1S/C10H18O2/c1-9(2)7-4-5-10(3,12-9)8(11)6-7/h7-8,11H,4-6H2,1-3H3/t7-,8?,10+/m1/s1. The minimum absolute atomic E-state index is 0.0216. The third kappa shape index (κ3) is 1.01. The van der Waals surface area contributed by atoms with E-state index in [0.29, 0.717) is 5.92 Å². The van der Waals surface area contributed by atoms with Gasteiger partial charge in [-0.25, -0.2) is 0 Å². The lowest BCUT2D eigenvalue weighted by Gasteiger charge is -2.56. The van der Waals surface area contributed by atoms with Crippen LogP contribution in [0.1, 0.15) is 40.0 Å². The zero-order valence-corrected chi connectivity index (χ0v) is 8.13. The number of hydrogen-bond donors (Lipinski definition) is 1. The summed E-state index contributed by atoms with van der Waals surface area (Å²) in [6, 6.07) is 0. The van der Waals surface area contributed by atoms with Gasteiger partial charge in [0.25, 0.3) is 0 Å². The Bertz CT molecular complexity index is 200. The van der Waals surface area contributed by atoms with Crippen LogP contribution in [0.3, 0.4) is 0 Å². The van der Waals surface area contributed by atoms with Gasteiger partial charge in [-0.1, -0.05) is 0 Å². The zero-order chi connectivity index (χ0) is 8.98. The Hall–Kier alpha value is -0.0800. The van der Waals surface area contributed by atoms with Gasteiger partial charge in [0.2, 0.25) is 0 Å². The van der Waals surface area contributed by atoms with Crippen LogP contribution in [0.4, 0.5) is 0 Å². The molecule has 2 aliphatic heterocycles. The lowest BCUT2D eigenvalue weighted by atomic mass is 9.67. The molecule has 2 nitrogen and oxygen atoms in total. The maximum atomic E-state index is 9.77. The quantitative estimate of drug-likeness (QED) is 0.599. The van der Waals surface area contributed by atoms with Crippen LogP contribution in [-0.4, -0.2) is 22.4 Å². The van der Waals surface area contributed by atoms with Gasteiger partial charge in [-0.2, -0.15) is 0 Å². The molecule has 0 aromatic carbocycles. The summed E-state index contributed by atoms with van der Waals surface area (Å²) in [5.41, 5.74) is -0.287. The fraction of sp³-hybridized carbons (Fsp3) is 1.00. The molecule has 3 fully saturated rings. The molecule has 0 amide bonds. The van der Waals surface area contributed by atoms with Crippen LogP contribution in [0.2, 0.25) is 0 Å². The maximum Gasteiger partial charge on any atom is 0.0919 e. The molecular weight excluding hydrogens is 152 g/mol. The molecule has 0 aromatic rings. The highest BCUT2D eigenvalue weighted by Crippen LogP contribution is 2.49. The van der Waals surface area contributed by atoms with Crippen molar-refractivity contribution in [3.05, 3.63) is 0 Å². The number of ether oxygens (including phenoxy) is 1. The van der Waals surface area contributed by atoms with Crippen molar-refractivity contribution in [3.8, 4) is 0 Å². The topological polar surface area (TPSA) is 29.5 Å². The molecule has 12 heavy (non-hydrogen) atoms. The van der Waals surface area contributed by atoms with E-state index < -0.39 is 0 Å². The Morgan fingerprint density at radius 1 is 1.33 bits per heavy atom. The normalized spacial score (nSPS) is 51.0. The average Bonchev–Trinajstić information content (AvgIpc) is 1.91. The molecule has 0 radical (unpaired) electrons. The molecule has 3 rings (SSSR count). The first kappa shape index (κ1) is 8.52. The van der Waals surface area contributed by atoms with Gasteiger partial charge in [0.1, 0.15) is 0 Å². The number of aliphatic hydroxyl groups is 1. The molecule has 3 atom stereocenters. The highest BCUT2D eigenvalue weighted by molar-refractivity contribution is 5.02. The van der Waals surface area contributed by atoms with Gasteiger partial charge < -0.3 is 9.84 Å². The molecular formula is C10H18O2. The second-order valence-electron chi connectivity index (χ2n) is 5.01. The number of fused-ring (bicyclic) bond motifs is 3. The molecule has 0 spiro atoms. The Morgan fingerprint density at radius 2 is 2.00 bits per heavy atom. The summed E-state index contributed by atoms with van der Waals surface area (Å²) in [6.45, 7) is 6.32. The van der Waals surface area contributed by atoms with Gasteiger partial charge in [0, 0.05) is 0 Å². The first-order chi connectivity index (χ1) is 5.44. The summed E-state index contributed by atoms with van der Waals surface area (Å²) < 4.78 is 5.92. The number of rotatable bonds is 0. The molecule has 2 heteroatoms. The minimum Gasteiger partial charge on any atom is -0.390 e. The fourth-order valence-electron chi connectivity index (χ4n) is 2.70. The lowest BCUT2D eigenvalue weighted by molar-refractivity contribution is -0.273. The van der Waals surface area contributed by atoms with Crippen molar-refractivity contribution in [3.63, 3.8) is 0 Å². The van der Waals surface area contributed by atoms with Crippen LogP contribution in [0.15, 0.2) is 0 Å². The van der Waals surface area contributed by atoms with Gasteiger partial charge in [0.15, 0.2) is 0 Å². The summed E-state index contributed by atoms with van der Waals surface area (Å²) >= 11 is 0. The van der Waals surface area contributed by atoms with E-state index in [9.17, 15) is 5.11 Å². The van der Waals surface area contributed by atoms with Gasteiger partial charge in [-0.05, 0) is 46.0 Å². The molecule has 2 heterocycles. The summed E-state index contributed by atoms with van der Waals surface area (Å²) in [4.78, 5) is 0. The predicted molar refractivity (Wildman–Crippen MR) is 46.9 cm³/mol.